The first-order valence-electron chi connectivity index (χ1n) is 7.63. The average molecular weight is 341 g/mol. The van der Waals surface area contributed by atoms with Gasteiger partial charge in [-0.05, 0) is 37.7 Å². The normalized spacial score (nSPS) is 15.3. The number of amides is 1. The van der Waals surface area contributed by atoms with Gasteiger partial charge in [0.25, 0.3) is 0 Å². The molecule has 1 amide bonds. The highest BCUT2D eigenvalue weighted by molar-refractivity contribution is 7.25. The van der Waals surface area contributed by atoms with Crippen molar-refractivity contribution >= 4 is 20.3 Å². The van der Waals surface area contributed by atoms with Gasteiger partial charge in [0.15, 0.2) is 0 Å². The van der Waals surface area contributed by atoms with E-state index >= 15 is 0 Å². The van der Waals surface area contributed by atoms with Crippen molar-refractivity contribution in [2.45, 2.75) is 43.9 Å². The lowest BCUT2D eigenvalue weighted by Gasteiger charge is -2.29. The van der Waals surface area contributed by atoms with Gasteiger partial charge in [-0.15, -0.1) is 0 Å². The van der Waals surface area contributed by atoms with Crippen LogP contribution >= 0.6 is 8.46 Å². The fourth-order valence-electron chi connectivity index (χ4n) is 2.57. The standard InChI is InChI=1S/C16H24NO5P/c17-14(18)10-9-13(15(19)20)16(21,23-22)11-5-4-8-12-6-2-1-3-7-12/h1-3,6-7,13,21H,4-5,8-11,23H2,(H2,17,18)(H,19,20). The summed E-state index contributed by atoms with van der Waals surface area (Å²) in [6, 6.07) is 9.81. The van der Waals surface area contributed by atoms with E-state index in [2.05, 4.69) is 0 Å². The number of carboxylic acid groups (broad SMARTS) is 1. The van der Waals surface area contributed by atoms with Crippen LogP contribution in [-0.4, -0.2) is 27.4 Å². The number of hydrogen-bond acceptors (Lipinski definition) is 4. The quantitative estimate of drug-likeness (QED) is 0.419. The summed E-state index contributed by atoms with van der Waals surface area (Å²) in [6.07, 6.45) is 2.01. The second-order valence-electron chi connectivity index (χ2n) is 5.70. The number of unbranched alkanes of at least 4 members (excludes halogenated alkanes) is 1. The van der Waals surface area contributed by atoms with Crippen LogP contribution in [0.5, 0.6) is 0 Å². The van der Waals surface area contributed by atoms with Crippen molar-refractivity contribution in [2.24, 2.45) is 11.7 Å². The molecule has 3 unspecified atom stereocenters. The SMILES string of the molecule is NC(=O)CCC(C(=O)O)C(O)(CCCCc1ccccc1)[PH2]=O. The Bertz CT molecular complexity index is 537. The Morgan fingerprint density at radius 2 is 1.87 bits per heavy atom. The van der Waals surface area contributed by atoms with Gasteiger partial charge in [0.1, 0.15) is 5.34 Å². The van der Waals surface area contributed by atoms with Crippen LogP contribution in [0.25, 0.3) is 0 Å². The van der Waals surface area contributed by atoms with Gasteiger partial charge in [0.2, 0.25) is 5.91 Å². The van der Waals surface area contributed by atoms with Gasteiger partial charge < -0.3 is 20.5 Å². The molecule has 4 N–H and O–H groups in total. The third-order valence-corrected chi connectivity index (χ3v) is 5.02. The van der Waals surface area contributed by atoms with E-state index in [4.69, 9.17) is 5.73 Å². The number of primary amides is 1. The van der Waals surface area contributed by atoms with Crippen LogP contribution in [-0.2, 0) is 20.6 Å². The third kappa shape index (κ3) is 6.55. The summed E-state index contributed by atoms with van der Waals surface area (Å²) in [5.41, 5.74) is 6.19. The molecule has 0 radical (unpaired) electrons. The fourth-order valence-corrected chi connectivity index (χ4v) is 3.37. The zero-order valence-corrected chi connectivity index (χ0v) is 14.1. The molecule has 0 saturated carbocycles. The van der Waals surface area contributed by atoms with Crippen molar-refractivity contribution in [3.05, 3.63) is 35.9 Å². The third-order valence-electron chi connectivity index (χ3n) is 3.92. The number of hydrogen-bond donors (Lipinski definition) is 3. The minimum Gasteiger partial charge on any atom is -0.481 e. The molecule has 128 valence electrons. The van der Waals surface area contributed by atoms with Gasteiger partial charge >= 0.3 is 5.97 Å². The lowest BCUT2D eigenvalue weighted by molar-refractivity contribution is -0.148. The van der Waals surface area contributed by atoms with E-state index in [0.717, 1.165) is 18.4 Å². The molecule has 0 aliphatic rings. The summed E-state index contributed by atoms with van der Waals surface area (Å²) in [5.74, 6) is -3.12. The Kier molecular flexibility index (Phi) is 8.00. The van der Waals surface area contributed by atoms with Crippen LogP contribution in [0.2, 0.25) is 0 Å². The van der Waals surface area contributed by atoms with Gasteiger partial charge in [0, 0.05) is 6.42 Å². The highest BCUT2D eigenvalue weighted by Gasteiger charge is 2.40. The molecule has 0 aromatic heterocycles. The van der Waals surface area contributed by atoms with Crippen LogP contribution in [0.15, 0.2) is 30.3 Å². The Morgan fingerprint density at radius 1 is 1.22 bits per heavy atom. The summed E-state index contributed by atoms with van der Waals surface area (Å²) < 4.78 is 11.5. The lowest BCUT2D eigenvalue weighted by Crippen LogP contribution is -2.38. The monoisotopic (exact) mass is 341 g/mol. The number of aryl methyl sites for hydroxylation is 1. The number of nitrogens with two attached hydrogens (primary N) is 1. The number of benzene rings is 1. The van der Waals surface area contributed by atoms with Crippen molar-refractivity contribution in [1.82, 2.24) is 0 Å². The molecule has 0 saturated heterocycles. The molecular weight excluding hydrogens is 317 g/mol. The van der Waals surface area contributed by atoms with E-state index < -0.39 is 31.6 Å². The molecule has 7 heteroatoms. The highest BCUT2D eigenvalue weighted by atomic mass is 31.1. The summed E-state index contributed by atoms with van der Waals surface area (Å²) in [4.78, 5) is 22.2. The summed E-state index contributed by atoms with van der Waals surface area (Å²) in [5, 5.41) is 17.9. The molecule has 0 fully saturated rings. The molecule has 1 aromatic rings. The Hall–Kier alpha value is -1.65. The van der Waals surface area contributed by atoms with Crippen LogP contribution in [0.3, 0.4) is 0 Å². The van der Waals surface area contributed by atoms with Crippen molar-refractivity contribution in [3.8, 4) is 0 Å². The predicted octanol–water partition coefficient (Wildman–Crippen LogP) is 1.81. The van der Waals surface area contributed by atoms with Gasteiger partial charge in [-0.3, -0.25) is 9.59 Å². The van der Waals surface area contributed by atoms with E-state index in [-0.39, 0.29) is 19.3 Å². The van der Waals surface area contributed by atoms with Crippen LogP contribution < -0.4 is 5.73 Å². The minimum atomic E-state index is -1.77. The van der Waals surface area contributed by atoms with Gasteiger partial charge in [0.05, 0.1) is 14.4 Å². The minimum absolute atomic E-state index is 0.102. The van der Waals surface area contributed by atoms with Gasteiger partial charge in [-0.1, -0.05) is 30.3 Å². The predicted molar refractivity (Wildman–Crippen MR) is 88.9 cm³/mol. The van der Waals surface area contributed by atoms with Crippen molar-refractivity contribution in [3.63, 3.8) is 0 Å². The molecular formula is C16H24NO5P. The molecule has 6 nitrogen and oxygen atoms in total. The van der Waals surface area contributed by atoms with E-state index in [9.17, 15) is 24.4 Å². The van der Waals surface area contributed by atoms with Crippen LogP contribution in [0.4, 0.5) is 0 Å². The first-order chi connectivity index (χ1) is 10.9. The largest absolute Gasteiger partial charge is 0.481 e. The van der Waals surface area contributed by atoms with Gasteiger partial charge in [-0.25, -0.2) is 0 Å². The van der Waals surface area contributed by atoms with Crippen molar-refractivity contribution in [2.75, 3.05) is 0 Å². The number of carbonyl (C=O) groups excluding carboxylic acids is 1. The maximum Gasteiger partial charge on any atom is 0.309 e. The summed E-state index contributed by atoms with van der Waals surface area (Å²) in [6.45, 7) is 0. The second kappa shape index (κ2) is 9.48. The number of carboxylic acids is 1. The number of rotatable bonds is 11. The maximum absolute atomic E-state index is 11.5. The first kappa shape index (κ1) is 19.4. The van der Waals surface area contributed by atoms with Crippen LogP contribution in [0.1, 0.15) is 37.7 Å². The molecule has 1 rings (SSSR count). The van der Waals surface area contributed by atoms with E-state index in [1.807, 2.05) is 30.3 Å². The molecule has 0 spiro atoms. The maximum atomic E-state index is 11.5. The smallest absolute Gasteiger partial charge is 0.309 e. The average Bonchev–Trinajstić information content (AvgIpc) is 2.52. The summed E-state index contributed by atoms with van der Waals surface area (Å²) >= 11 is 0. The van der Waals surface area contributed by atoms with Crippen molar-refractivity contribution < 1.29 is 24.4 Å². The zero-order chi connectivity index (χ0) is 17.3. The lowest BCUT2D eigenvalue weighted by atomic mass is 9.91. The number of aliphatic carboxylic acids is 1. The van der Waals surface area contributed by atoms with E-state index in [0.29, 0.717) is 6.42 Å². The highest BCUT2D eigenvalue weighted by Crippen LogP contribution is 2.37. The Labute approximate surface area is 136 Å². The zero-order valence-electron chi connectivity index (χ0n) is 13.0. The molecule has 3 atom stereocenters. The molecule has 0 heterocycles. The summed E-state index contributed by atoms with van der Waals surface area (Å²) in [7, 11) is -1.70. The van der Waals surface area contributed by atoms with Crippen molar-refractivity contribution in [1.29, 1.82) is 0 Å². The van der Waals surface area contributed by atoms with Crippen LogP contribution in [0, 0.1) is 5.92 Å². The molecule has 23 heavy (non-hydrogen) atoms. The topological polar surface area (TPSA) is 118 Å². The molecule has 0 aliphatic carbocycles. The fraction of sp³-hybridized carbons (Fsp3) is 0.500. The number of aliphatic hydroxyl groups is 1. The molecule has 1 aromatic carbocycles. The Morgan fingerprint density at radius 3 is 2.39 bits per heavy atom. The molecule has 0 aliphatic heterocycles. The Balaban J connectivity index is 2.57. The van der Waals surface area contributed by atoms with Gasteiger partial charge in [-0.2, -0.15) is 0 Å². The first-order valence-corrected chi connectivity index (χ1v) is 8.67. The van der Waals surface area contributed by atoms with E-state index in [1.54, 1.807) is 0 Å². The van der Waals surface area contributed by atoms with E-state index in [1.165, 1.54) is 0 Å². The molecule has 0 bridgehead atoms. The second-order valence-corrected chi connectivity index (χ2v) is 6.93. The number of carbonyl (C=O) groups is 2.